The van der Waals surface area contributed by atoms with Gasteiger partial charge in [0.05, 0.1) is 19.3 Å². The first-order valence-electron chi connectivity index (χ1n) is 8.94. The summed E-state index contributed by atoms with van der Waals surface area (Å²) in [4.78, 5) is 14.9. The number of ether oxygens (including phenoxy) is 1. The van der Waals surface area contributed by atoms with Gasteiger partial charge in [-0.2, -0.15) is 0 Å². The first-order chi connectivity index (χ1) is 12.5. The van der Waals surface area contributed by atoms with Gasteiger partial charge < -0.3 is 10.1 Å². The van der Waals surface area contributed by atoms with Crippen molar-refractivity contribution in [1.29, 1.82) is 0 Å². The van der Waals surface area contributed by atoms with Crippen molar-refractivity contribution in [3.05, 3.63) is 58.6 Å². The number of nitrogens with one attached hydrogen (secondary N) is 1. The van der Waals surface area contributed by atoms with E-state index >= 15 is 0 Å². The van der Waals surface area contributed by atoms with Crippen LogP contribution in [0.15, 0.2) is 42.5 Å². The van der Waals surface area contributed by atoms with Crippen LogP contribution in [0.3, 0.4) is 0 Å². The second kappa shape index (κ2) is 8.11. The number of amides is 1. The lowest BCUT2D eigenvalue weighted by molar-refractivity contribution is -0.118. The Labute approximate surface area is 160 Å². The van der Waals surface area contributed by atoms with E-state index in [0.29, 0.717) is 24.0 Å². The zero-order valence-electron chi connectivity index (χ0n) is 15.5. The quantitative estimate of drug-likeness (QED) is 0.757. The van der Waals surface area contributed by atoms with E-state index in [-0.39, 0.29) is 11.9 Å². The largest absolute Gasteiger partial charge is 0.495 e. The van der Waals surface area contributed by atoms with Gasteiger partial charge in [-0.15, -0.1) is 0 Å². The van der Waals surface area contributed by atoms with Gasteiger partial charge in [-0.25, -0.2) is 0 Å². The van der Waals surface area contributed by atoms with Gasteiger partial charge in [-0.05, 0) is 56.0 Å². The lowest BCUT2D eigenvalue weighted by Gasteiger charge is -2.29. The van der Waals surface area contributed by atoms with Crippen LogP contribution in [0.2, 0.25) is 5.02 Å². The number of hydrogen-bond acceptors (Lipinski definition) is 3. The molecule has 1 N–H and O–H groups in total. The molecule has 1 aliphatic carbocycles. The highest BCUT2D eigenvalue weighted by Crippen LogP contribution is 2.36. The van der Waals surface area contributed by atoms with Crippen LogP contribution in [-0.2, 0) is 4.79 Å². The Morgan fingerprint density at radius 2 is 2.04 bits per heavy atom. The number of halogens is 1. The molecule has 0 heterocycles. The fourth-order valence-electron chi connectivity index (χ4n) is 3.26. The molecule has 26 heavy (non-hydrogen) atoms. The SMILES string of the molecule is COc1ccc(C)cc1NC(=O)CN(C1CC1)C(C)c1ccccc1Cl. The summed E-state index contributed by atoms with van der Waals surface area (Å²) in [5.74, 6) is 0.626. The molecule has 0 saturated heterocycles. The normalized spacial score (nSPS) is 15.0. The highest BCUT2D eigenvalue weighted by Gasteiger charge is 2.34. The molecule has 4 nitrogen and oxygen atoms in total. The van der Waals surface area contributed by atoms with Crippen LogP contribution in [0.25, 0.3) is 0 Å². The third-order valence-corrected chi connectivity index (χ3v) is 5.17. The number of rotatable bonds is 7. The molecule has 0 bridgehead atoms. The average Bonchev–Trinajstić information content (AvgIpc) is 3.45. The maximum Gasteiger partial charge on any atom is 0.238 e. The summed E-state index contributed by atoms with van der Waals surface area (Å²) in [5.41, 5.74) is 2.84. The molecule has 2 aromatic carbocycles. The fraction of sp³-hybridized carbons (Fsp3) is 0.381. The van der Waals surface area contributed by atoms with Crippen LogP contribution in [0, 0.1) is 6.92 Å². The number of hydrogen-bond donors (Lipinski definition) is 1. The van der Waals surface area contributed by atoms with Crippen molar-refractivity contribution in [2.75, 3.05) is 19.0 Å². The molecule has 0 aromatic heterocycles. The molecule has 1 saturated carbocycles. The van der Waals surface area contributed by atoms with Gasteiger partial charge in [-0.1, -0.05) is 35.9 Å². The second-order valence-electron chi connectivity index (χ2n) is 6.85. The molecular formula is C21H25ClN2O2. The van der Waals surface area contributed by atoms with Crippen LogP contribution in [-0.4, -0.2) is 30.5 Å². The smallest absolute Gasteiger partial charge is 0.238 e. The van der Waals surface area contributed by atoms with Gasteiger partial charge >= 0.3 is 0 Å². The van der Waals surface area contributed by atoms with Crippen molar-refractivity contribution in [1.82, 2.24) is 4.90 Å². The number of methoxy groups -OCH3 is 1. The highest BCUT2D eigenvalue weighted by molar-refractivity contribution is 6.31. The zero-order valence-corrected chi connectivity index (χ0v) is 16.2. The molecule has 138 valence electrons. The number of aryl methyl sites for hydroxylation is 1. The molecule has 3 rings (SSSR count). The Morgan fingerprint density at radius 3 is 2.69 bits per heavy atom. The van der Waals surface area contributed by atoms with Crippen molar-refractivity contribution in [3.63, 3.8) is 0 Å². The minimum absolute atomic E-state index is 0.0419. The Kier molecular flexibility index (Phi) is 5.84. The van der Waals surface area contributed by atoms with Crippen molar-refractivity contribution in [2.45, 2.75) is 38.8 Å². The summed E-state index contributed by atoms with van der Waals surface area (Å²) < 4.78 is 5.35. The van der Waals surface area contributed by atoms with E-state index in [1.807, 2.05) is 49.4 Å². The average molecular weight is 373 g/mol. The number of benzene rings is 2. The molecule has 1 unspecified atom stereocenters. The van der Waals surface area contributed by atoms with Crippen LogP contribution < -0.4 is 10.1 Å². The van der Waals surface area contributed by atoms with Gasteiger partial charge in [0.2, 0.25) is 5.91 Å². The van der Waals surface area contributed by atoms with E-state index in [0.717, 1.165) is 29.0 Å². The Morgan fingerprint density at radius 1 is 1.31 bits per heavy atom. The van der Waals surface area contributed by atoms with Crippen LogP contribution in [0.5, 0.6) is 5.75 Å². The zero-order chi connectivity index (χ0) is 18.7. The van der Waals surface area contributed by atoms with Gasteiger partial charge in [0.15, 0.2) is 0 Å². The highest BCUT2D eigenvalue weighted by atomic mass is 35.5. The van der Waals surface area contributed by atoms with Crippen LogP contribution >= 0.6 is 11.6 Å². The van der Waals surface area contributed by atoms with E-state index in [1.165, 1.54) is 0 Å². The standard InChI is InChI=1S/C21H25ClN2O2/c1-14-8-11-20(26-3)19(12-14)23-21(25)13-24(16-9-10-16)15(2)17-6-4-5-7-18(17)22/h4-8,11-12,15-16H,9-10,13H2,1-3H3,(H,23,25). The molecule has 0 aliphatic heterocycles. The maximum atomic E-state index is 12.7. The van der Waals surface area contributed by atoms with Crippen molar-refractivity contribution in [3.8, 4) is 5.75 Å². The van der Waals surface area contributed by atoms with Crippen molar-refractivity contribution >= 4 is 23.2 Å². The third kappa shape index (κ3) is 4.37. The predicted octanol–water partition coefficient (Wildman–Crippen LogP) is 4.82. The Balaban J connectivity index is 1.74. The number of carbonyl (C=O) groups is 1. The summed E-state index contributed by atoms with van der Waals surface area (Å²) in [6, 6.07) is 14.1. The minimum atomic E-state index is -0.0419. The van der Waals surface area contributed by atoms with E-state index in [9.17, 15) is 4.79 Å². The molecule has 1 amide bonds. The maximum absolute atomic E-state index is 12.7. The summed E-state index contributed by atoms with van der Waals surface area (Å²) in [6.45, 7) is 4.43. The van der Waals surface area contributed by atoms with Gasteiger partial charge in [0.25, 0.3) is 0 Å². The van der Waals surface area contributed by atoms with E-state index in [4.69, 9.17) is 16.3 Å². The van der Waals surface area contributed by atoms with Crippen LogP contribution in [0.1, 0.15) is 36.9 Å². The Hall–Kier alpha value is -2.04. The number of carbonyl (C=O) groups excluding carboxylic acids is 1. The van der Waals surface area contributed by atoms with Crippen molar-refractivity contribution in [2.24, 2.45) is 0 Å². The predicted molar refractivity (Wildman–Crippen MR) is 106 cm³/mol. The third-order valence-electron chi connectivity index (χ3n) is 4.82. The van der Waals surface area contributed by atoms with Gasteiger partial charge in [0, 0.05) is 17.1 Å². The van der Waals surface area contributed by atoms with E-state index in [1.54, 1.807) is 7.11 Å². The summed E-state index contributed by atoms with van der Waals surface area (Å²) in [6.07, 6.45) is 2.24. The lowest BCUT2D eigenvalue weighted by Crippen LogP contribution is -2.37. The molecule has 0 radical (unpaired) electrons. The second-order valence-corrected chi connectivity index (χ2v) is 7.26. The first-order valence-corrected chi connectivity index (χ1v) is 9.32. The van der Waals surface area contributed by atoms with Gasteiger partial charge in [0.1, 0.15) is 5.75 Å². The van der Waals surface area contributed by atoms with E-state index < -0.39 is 0 Å². The molecule has 2 aromatic rings. The number of anilines is 1. The van der Waals surface area contributed by atoms with Crippen molar-refractivity contribution < 1.29 is 9.53 Å². The molecule has 1 aliphatic rings. The van der Waals surface area contributed by atoms with E-state index in [2.05, 4.69) is 17.1 Å². The monoisotopic (exact) mass is 372 g/mol. The van der Waals surface area contributed by atoms with Crippen LogP contribution in [0.4, 0.5) is 5.69 Å². The minimum Gasteiger partial charge on any atom is -0.495 e. The lowest BCUT2D eigenvalue weighted by atomic mass is 10.1. The summed E-state index contributed by atoms with van der Waals surface area (Å²) in [7, 11) is 1.61. The molecule has 1 atom stereocenters. The topological polar surface area (TPSA) is 41.6 Å². The molecule has 1 fully saturated rings. The fourth-order valence-corrected chi connectivity index (χ4v) is 3.55. The molecular weight excluding hydrogens is 348 g/mol. The summed E-state index contributed by atoms with van der Waals surface area (Å²) in [5, 5.41) is 3.74. The summed E-state index contributed by atoms with van der Waals surface area (Å²) >= 11 is 6.37. The molecule has 0 spiro atoms. The van der Waals surface area contributed by atoms with Gasteiger partial charge in [-0.3, -0.25) is 9.69 Å². The number of nitrogens with zero attached hydrogens (tertiary/aromatic N) is 1. The first kappa shape index (κ1) is 18.7. The Bertz CT molecular complexity index is 789. The molecule has 5 heteroatoms.